The van der Waals surface area contributed by atoms with Crippen molar-refractivity contribution in [2.24, 2.45) is 0 Å². The van der Waals surface area contributed by atoms with Crippen molar-refractivity contribution in [3.8, 4) is 11.8 Å². The Morgan fingerprint density at radius 2 is 2.17 bits per heavy atom. The molecule has 2 heteroatoms. The Labute approximate surface area is 89.6 Å². The topological polar surface area (TPSA) is 0 Å². The predicted molar refractivity (Wildman–Crippen MR) is 59.6 cm³/mol. The molecule has 0 amide bonds. The van der Waals surface area contributed by atoms with Crippen LogP contribution in [0.4, 0.5) is 0 Å². The first-order valence-corrected chi connectivity index (χ1v) is 5.46. The average molecular weight is 288 g/mol. The molecule has 1 rings (SSSR count). The van der Waals surface area contributed by atoms with Crippen molar-refractivity contribution in [2.45, 2.75) is 6.92 Å². The summed E-state index contributed by atoms with van der Waals surface area (Å²) in [5, 5.41) is 0.721. The van der Waals surface area contributed by atoms with Crippen LogP contribution in [0.15, 0.2) is 22.7 Å². The molecule has 0 fully saturated rings. The highest BCUT2D eigenvalue weighted by Gasteiger charge is 1.93. The highest BCUT2D eigenvalue weighted by Crippen LogP contribution is 2.16. The predicted octanol–water partition coefficient (Wildman–Crippen LogP) is 3.50. The van der Waals surface area contributed by atoms with E-state index in [1.165, 1.54) is 5.56 Å². The van der Waals surface area contributed by atoms with Gasteiger partial charge in [0.15, 0.2) is 0 Å². The normalized spacial score (nSPS) is 8.92. The quantitative estimate of drug-likeness (QED) is 0.506. The largest absolute Gasteiger partial charge is 0.0863 e. The molecular weight excluding hydrogens is 280 g/mol. The summed E-state index contributed by atoms with van der Waals surface area (Å²) in [4.78, 5) is 0. The Hall–Kier alpha value is -0.260. The van der Waals surface area contributed by atoms with Gasteiger partial charge in [-0.05, 0) is 24.6 Å². The maximum absolute atomic E-state index is 3.46. The van der Waals surface area contributed by atoms with Crippen LogP contribution in [0.25, 0.3) is 0 Å². The molecule has 0 atom stereocenters. The van der Waals surface area contributed by atoms with E-state index in [2.05, 4.69) is 56.7 Å². The molecule has 0 radical (unpaired) electrons. The van der Waals surface area contributed by atoms with E-state index in [1.54, 1.807) is 0 Å². The second-order valence-electron chi connectivity index (χ2n) is 2.40. The number of benzene rings is 1. The van der Waals surface area contributed by atoms with E-state index < -0.39 is 0 Å². The fraction of sp³-hybridized carbons (Fsp3) is 0.200. The Balaban J connectivity index is 2.97. The molecule has 0 aliphatic heterocycles. The molecule has 0 aliphatic carbocycles. The third-order valence-corrected chi connectivity index (χ3v) is 2.61. The summed E-state index contributed by atoms with van der Waals surface area (Å²) in [6, 6.07) is 6.11. The highest BCUT2D eigenvalue weighted by atomic mass is 79.9. The minimum atomic E-state index is 0.721. The molecule has 0 heterocycles. The lowest BCUT2D eigenvalue weighted by Crippen LogP contribution is -1.78. The lowest BCUT2D eigenvalue weighted by Gasteiger charge is -1.96. The number of hydrogen-bond donors (Lipinski definition) is 0. The van der Waals surface area contributed by atoms with Crippen LogP contribution in [0.3, 0.4) is 0 Å². The van der Waals surface area contributed by atoms with Crippen molar-refractivity contribution in [1.82, 2.24) is 0 Å². The molecule has 12 heavy (non-hydrogen) atoms. The van der Waals surface area contributed by atoms with Gasteiger partial charge in [0.1, 0.15) is 0 Å². The second kappa shape index (κ2) is 4.69. The zero-order valence-corrected chi connectivity index (χ0v) is 9.87. The van der Waals surface area contributed by atoms with Crippen LogP contribution in [-0.2, 0) is 0 Å². The average Bonchev–Trinajstić information content (AvgIpc) is 2.07. The highest BCUT2D eigenvalue weighted by molar-refractivity contribution is 9.10. The molecule has 1 aromatic carbocycles. The molecule has 0 unspecified atom stereocenters. The van der Waals surface area contributed by atoms with Gasteiger partial charge < -0.3 is 0 Å². The molecule has 0 aliphatic rings. The van der Waals surface area contributed by atoms with Crippen LogP contribution < -0.4 is 0 Å². The van der Waals surface area contributed by atoms with E-state index in [4.69, 9.17) is 0 Å². The van der Waals surface area contributed by atoms with E-state index in [9.17, 15) is 0 Å². The lowest BCUT2D eigenvalue weighted by molar-refractivity contribution is 1.42. The van der Waals surface area contributed by atoms with Gasteiger partial charge in [0, 0.05) is 10.0 Å². The van der Waals surface area contributed by atoms with Gasteiger partial charge in [0.25, 0.3) is 0 Å². The minimum absolute atomic E-state index is 0.721. The standard InChI is InChI=1S/C10H8Br2/c1-8-4-5-9(3-2-6-11)7-10(8)12/h4-5,7H,6H2,1H3. The monoisotopic (exact) mass is 286 g/mol. The van der Waals surface area contributed by atoms with Crippen LogP contribution in [0.1, 0.15) is 11.1 Å². The first-order chi connectivity index (χ1) is 5.74. The zero-order chi connectivity index (χ0) is 8.97. The van der Waals surface area contributed by atoms with Crippen LogP contribution in [-0.4, -0.2) is 5.33 Å². The summed E-state index contributed by atoms with van der Waals surface area (Å²) < 4.78 is 1.11. The van der Waals surface area contributed by atoms with E-state index in [-0.39, 0.29) is 0 Å². The smallest absolute Gasteiger partial charge is 0.0649 e. The SMILES string of the molecule is Cc1ccc(C#CCBr)cc1Br. The third kappa shape index (κ3) is 2.66. The molecule has 0 aromatic heterocycles. The summed E-state index contributed by atoms with van der Waals surface area (Å²) in [6.07, 6.45) is 0. The van der Waals surface area contributed by atoms with E-state index in [0.717, 1.165) is 15.4 Å². The van der Waals surface area contributed by atoms with Crippen molar-refractivity contribution in [3.05, 3.63) is 33.8 Å². The molecule has 0 spiro atoms. The van der Waals surface area contributed by atoms with Crippen LogP contribution in [0.5, 0.6) is 0 Å². The Morgan fingerprint density at radius 3 is 2.75 bits per heavy atom. The van der Waals surface area contributed by atoms with Gasteiger partial charge in [-0.1, -0.05) is 49.8 Å². The summed E-state index contributed by atoms with van der Waals surface area (Å²) >= 11 is 6.71. The van der Waals surface area contributed by atoms with Gasteiger partial charge in [-0.3, -0.25) is 0 Å². The van der Waals surface area contributed by atoms with E-state index in [1.807, 2.05) is 12.1 Å². The van der Waals surface area contributed by atoms with Crippen molar-refractivity contribution in [2.75, 3.05) is 5.33 Å². The molecular formula is C10H8Br2. The maximum Gasteiger partial charge on any atom is 0.0649 e. The molecule has 0 saturated heterocycles. The van der Waals surface area contributed by atoms with Gasteiger partial charge in [-0.25, -0.2) is 0 Å². The molecule has 62 valence electrons. The zero-order valence-electron chi connectivity index (χ0n) is 6.70. The summed E-state index contributed by atoms with van der Waals surface area (Å²) in [5.41, 5.74) is 2.28. The molecule has 0 nitrogen and oxygen atoms in total. The number of halogens is 2. The lowest BCUT2D eigenvalue weighted by atomic mass is 10.2. The van der Waals surface area contributed by atoms with Gasteiger partial charge >= 0.3 is 0 Å². The van der Waals surface area contributed by atoms with E-state index in [0.29, 0.717) is 0 Å². The van der Waals surface area contributed by atoms with Gasteiger partial charge in [-0.15, -0.1) is 0 Å². The van der Waals surface area contributed by atoms with Gasteiger partial charge in [0.2, 0.25) is 0 Å². The fourth-order valence-electron chi connectivity index (χ4n) is 0.806. The van der Waals surface area contributed by atoms with Crippen molar-refractivity contribution >= 4 is 31.9 Å². The van der Waals surface area contributed by atoms with Crippen molar-refractivity contribution < 1.29 is 0 Å². The number of alkyl halides is 1. The first kappa shape index (κ1) is 9.83. The third-order valence-electron chi connectivity index (χ3n) is 1.47. The van der Waals surface area contributed by atoms with Crippen LogP contribution in [0, 0.1) is 18.8 Å². The first-order valence-electron chi connectivity index (χ1n) is 3.55. The molecule has 1 aromatic rings. The van der Waals surface area contributed by atoms with Gasteiger partial charge in [-0.2, -0.15) is 0 Å². The Bertz CT molecular complexity index is 331. The second-order valence-corrected chi connectivity index (χ2v) is 3.81. The maximum atomic E-state index is 3.46. The van der Waals surface area contributed by atoms with Crippen LogP contribution >= 0.6 is 31.9 Å². The van der Waals surface area contributed by atoms with Crippen LogP contribution in [0.2, 0.25) is 0 Å². The fourth-order valence-corrected chi connectivity index (χ4v) is 1.33. The number of hydrogen-bond acceptors (Lipinski definition) is 0. The number of aryl methyl sites for hydroxylation is 1. The minimum Gasteiger partial charge on any atom is -0.0863 e. The Kier molecular flexibility index (Phi) is 3.84. The summed E-state index contributed by atoms with van der Waals surface area (Å²) in [5.74, 6) is 5.99. The Morgan fingerprint density at radius 1 is 1.42 bits per heavy atom. The molecule has 0 N–H and O–H groups in total. The summed E-state index contributed by atoms with van der Waals surface area (Å²) in [7, 11) is 0. The summed E-state index contributed by atoms with van der Waals surface area (Å²) in [6.45, 7) is 2.06. The number of rotatable bonds is 0. The van der Waals surface area contributed by atoms with Crippen molar-refractivity contribution in [3.63, 3.8) is 0 Å². The van der Waals surface area contributed by atoms with E-state index >= 15 is 0 Å². The molecule has 0 saturated carbocycles. The van der Waals surface area contributed by atoms with Gasteiger partial charge in [0.05, 0.1) is 5.33 Å². The molecule has 0 bridgehead atoms. The van der Waals surface area contributed by atoms with Crippen molar-refractivity contribution in [1.29, 1.82) is 0 Å².